The van der Waals surface area contributed by atoms with Crippen LogP contribution in [0.5, 0.6) is 5.75 Å². The fourth-order valence-electron chi connectivity index (χ4n) is 2.46. The van der Waals surface area contributed by atoms with Crippen LogP contribution in [-0.2, 0) is 4.74 Å². The number of hydrogen-bond acceptors (Lipinski definition) is 6. The molecule has 0 radical (unpaired) electrons. The summed E-state index contributed by atoms with van der Waals surface area (Å²) < 4.78 is 16.1. The van der Waals surface area contributed by atoms with Crippen LogP contribution in [0.2, 0.25) is 0 Å². The predicted octanol–water partition coefficient (Wildman–Crippen LogP) is 0.948. The van der Waals surface area contributed by atoms with Gasteiger partial charge in [-0.3, -0.25) is 0 Å². The van der Waals surface area contributed by atoms with Crippen molar-refractivity contribution in [3.63, 3.8) is 0 Å². The second kappa shape index (κ2) is 5.48. The summed E-state index contributed by atoms with van der Waals surface area (Å²) >= 11 is 0. The van der Waals surface area contributed by atoms with Gasteiger partial charge in [0.15, 0.2) is 0 Å². The quantitative estimate of drug-likeness (QED) is 0.819. The fourth-order valence-corrected chi connectivity index (χ4v) is 2.46. The first-order chi connectivity index (χ1) is 10.1. The molecule has 0 saturated carbocycles. The van der Waals surface area contributed by atoms with Crippen LogP contribution in [0.25, 0.3) is 11.0 Å². The maximum Gasteiger partial charge on any atom is 0.336 e. The minimum Gasteiger partial charge on any atom is -0.465 e. The van der Waals surface area contributed by atoms with E-state index in [0.29, 0.717) is 11.3 Å². The number of rotatable bonds is 3. The first kappa shape index (κ1) is 14.1. The van der Waals surface area contributed by atoms with Gasteiger partial charge in [-0.1, -0.05) is 0 Å². The highest BCUT2D eigenvalue weighted by molar-refractivity contribution is 5.81. The molecule has 1 aromatic heterocycles. The van der Waals surface area contributed by atoms with Gasteiger partial charge >= 0.3 is 5.63 Å². The van der Waals surface area contributed by atoms with E-state index in [0.717, 1.165) is 10.9 Å². The van der Waals surface area contributed by atoms with Crippen molar-refractivity contribution >= 4 is 11.0 Å². The van der Waals surface area contributed by atoms with Crippen LogP contribution in [0.4, 0.5) is 0 Å². The van der Waals surface area contributed by atoms with E-state index in [1.807, 2.05) is 6.92 Å². The fraction of sp³-hybridized carbons (Fsp3) is 0.400. The molecule has 2 aromatic rings. The highest BCUT2D eigenvalue weighted by Crippen LogP contribution is 2.27. The van der Waals surface area contributed by atoms with E-state index in [1.165, 1.54) is 6.07 Å². The van der Waals surface area contributed by atoms with E-state index in [2.05, 4.69) is 0 Å². The van der Waals surface area contributed by atoms with Crippen LogP contribution in [0.3, 0.4) is 0 Å². The summed E-state index contributed by atoms with van der Waals surface area (Å²) in [6.45, 7) is 1.58. The molecule has 1 saturated heterocycles. The van der Waals surface area contributed by atoms with E-state index >= 15 is 0 Å². The molecule has 6 nitrogen and oxygen atoms in total. The molecule has 0 aliphatic carbocycles. The molecule has 2 heterocycles. The van der Waals surface area contributed by atoms with Crippen LogP contribution in [-0.4, -0.2) is 35.3 Å². The van der Waals surface area contributed by atoms with E-state index in [1.54, 1.807) is 18.2 Å². The molecule has 0 unspecified atom stereocenters. The predicted molar refractivity (Wildman–Crippen MR) is 74.2 cm³/mol. The average Bonchev–Trinajstić information content (AvgIpc) is 2.78. The van der Waals surface area contributed by atoms with E-state index < -0.39 is 24.1 Å². The summed E-state index contributed by atoms with van der Waals surface area (Å²) in [5.41, 5.74) is 0.862. The number of ether oxygens (including phenoxy) is 2. The summed E-state index contributed by atoms with van der Waals surface area (Å²) in [5, 5.41) is 19.5. The number of benzene rings is 1. The van der Waals surface area contributed by atoms with Crippen LogP contribution in [0.1, 0.15) is 12.0 Å². The van der Waals surface area contributed by atoms with E-state index in [-0.39, 0.29) is 13.0 Å². The lowest BCUT2D eigenvalue weighted by Gasteiger charge is -2.14. The van der Waals surface area contributed by atoms with Crippen molar-refractivity contribution in [3.8, 4) is 5.75 Å². The molecular formula is C15H16O6. The highest BCUT2D eigenvalue weighted by Gasteiger charge is 2.34. The summed E-state index contributed by atoms with van der Waals surface area (Å²) in [7, 11) is 0. The summed E-state index contributed by atoms with van der Waals surface area (Å²) in [6.07, 6.45) is -1.73. The second-order valence-corrected chi connectivity index (χ2v) is 5.11. The molecule has 1 aromatic carbocycles. The Labute approximate surface area is 120 Å². The second-order valence-electron chi connectivity index (χ2n) is 5.11. The van der Waals surface area contributed by atoms with Crippen LogP contribution in [0.15, 0.2) is 33.5 Å². The molecular weight excluding hydrogens is 276 g/mol. The number of aryl methyl sites for hydroxylation is 1. The largest absolute Gasteiger partial charge is 0.465 e. The molecule has 3 atom stereocenters. The molecule has 112 valence electrons. The Hall–Kier alpha value is -1.89. The Bertz CT molecular complexity index is 707. The average molecular weight is 292 g/mol. The van der Waals surface area contributed by atoms with Gasteiger partial charge in [-0.05, 0) is 24.6 Å². The molecule has 1 aliphatic rings. The number of aliphatic hydroxyl groups excluding tert-OH is 2. The van der Waals surface area contributed by atoms with Crippen molar-refractivity contribution < 1.29 is 24.1 Å². The minimum absolute atomic E-state index is 0.257. The first-order valence-electron chi connectivity index (χ1n) is 6.72. The van der Waals surface area contributed by atoms with Gasteiger partial charge in [-0.25, -0.2) is 4.79 Å². The molecule has 0 amide bonds. The van der Waals surface area contributed by atoms with E-state index in [9.17, 15) is 9.90 Å². The van der Waals surface area contributed by atoms with Crippen molar-refractivity contribution in [2.75, 3.05) is 6.61 Å². The number of hydrogen-bond donors (Lipinski definition) is 2. The van der Waals surface area contributed by atoms with Crippen molar-refractivity contribution in [2.45, 2.75) is 31.8 Å². The summed E-state index contributed by atoms with van der Waals surface area (Å²) in [4.78, 5) is 11.4. The topological polar surface area (TPSA) is 89.1 Å². The molecule has 2 N–H and O–H groups in total. The van der Waals surface area contributed by atoms with Gasteiger partial charge in [0.1, 0.15) is 17.4 Å². The van der Waals surface area contributed by atoms with Gasteiger partial charge in [0.2, 0.25) is 6.29 Å². The molecule has 1 fully saturated rings. The SMILES string of the molecule is Cc1cc(=O)oc2cc(O[C@@H]3C[C@H](O)[C@@H](CO)O3)ccc12. The van der Waals surface area contributed by atoms with Crippen molar-refractivity contribution in [1.29, 1.82) is 0 Å². The van der Waals surface area contributed by atoms with Gasteiger partial charge < -0.3 is 24.1 Å². The van der Waals surface area contributed by atoms with Gasteiger partial charge in [0.25, 0.3) is 0 Å². The minimum atomic E-state index is -0.749. The Morgan fingerprint density at radius 2 is 2.19 bits per heavy atom. The zero-order chi connectivity index (χ0) is 15.0. The number of aliphatic hydroxyl groups is 2. The monoisotopic (exact) mass is 292 g/mol. The molecule has 1 aliphatic heterocycles. The maximum atomic E-state index is 11.4. The normalized spacial score (nSPS) is 25.4. The zero-order valence-electron chi connectivity index (χ0n) is 11.5. The molecule has 3 rings (SSSR count). The van der Waals surface area contributed by atoms with Crippen LogP contribution >= 0.6 is 0 Å². The lowest BCUT2D eigenvalue weighted by Crippen LogP contribution is -2.24. The van der Waals surface area contributed by atoms with Crippen molar-refractivity contribution in [1.82, 2.24) is 0 Å². The molecule has 6 heteroatoms. The maximum absolute atomic E-state index is 11.4. The third-order valence-corrected chi connectivity index (χ3v) is 3.56. The number of fused-ring (bicyclic) bond motifs is 1. The molecule has 21 heavy (non-hydrogen) atoms. The van der Waals surface area contributed by atoms with Gasteiger partial charge in [0.05, 0.1) is 12.7 Å². The Kier molecular flexibility index (Phi) is 3.67. The third-order valence-electron chi connectivity index (χ3n) is 3.56. The Balaban J connectivity index is 1.84. The lowest BCUT2D eigenvalue weighted by atomic mass is 10.1. The third kappa shape index (κ3) is 2.78. The standard InChI is InChI=1S/C15H16O6/c1-8-4-14(18)20-12-5-9(2-3-10(8)12)19-15-6-11(17)13(7-16)21-15/h2-5,11,13,15-17H,6-7H2,1H3/t11-,13+,15-/m0/s1. The van der Waals surface area contributed by atoms with Crippen molar-refractivity contribution in [3.05, 3.63) is 40.2 Å². The summed E-state index contributed by atoms with van der Waals surface area (Å²) in [5.74, 6) is 0.479. The van der Waals surface area contributed by atoms with Gasteiger partial charge in [-0.15, -0.1) is 0 Å². The van der Waals surface area contributed by atoms with Gasteiger partial charge in [-0.2, -0.15) is 0 Å². The van der Waals surface area contributed by atoms with E-state index in [4.69, 9.17) is 19.0 Å². The Morgan fingerprint density at radius 1 is 1.38 bits per heavy atom. The first-order valence-corrected chi connectivity index (χ1v) is 6.72. The lowest BCUT2D eigenvalue weighted by molar-refractivity contribution is -0.0931. The van der Waals surface area contributed by atoms with Crippen LogP contribution in [0, 0.1) is 6.92 Å². The van der Waals surface area contributed by atoms with Crippen molar-refractivity contribution in [2.24, 2.45) is 0 Å². The molecule has 0 spiro atoms. The smallest absolute Gasteiger partial charge is 0.336 e. The molecule has 0 bridgehead atoms. The van der Waals surface area contributed by atoms with Gasteiger partial charge in [0, 0.05) is 23.9 Å². The Morgan fingerprint density at radius 3 is 2.90 bits per heavy atom. The zero-order valence-corrected chi connectivity index (χ0v) is 11.5. The van der Waals surface area contributed by atoms with Crippen LogP contribution < -0.4 is 10.4 Å². The highest BCUT2D eigenvalue weighted by atomic mass is 16.7. The summed E-state index contributed by atoms with van der Waals surface area (Å²) in [6, 6.07) is 6.60.